The van der Waals surface area contributed by atoms with Gasteiger partial charge in [0.05, 0.1) is 10.6 Å². The first kappa shape index (κ1) is 22.5. The normalized spacial score (nSPS) is 17.8. The van der Waals surface area contributed by atoms with E-state index in [1.165, 1.54) is 16.4 Å². The zero-order chi connectivity index (χ0) is 22.7. The Morgan fingerprint density at radius 3 is 2.47 bits per heavy atom. The number of anilines is 2. The Morgan fingerprint density at radius 1 is 1.12 bits per heavy atom. The fraction of sp³-hybridized carbons (Fsp3) is 0.409. The van der Waals surface area contributed by atoms with Crippen molar-refractivity contribution in [3.63, 3.8) is 0 Å². The molecule has 0 atom stereocenters. The average Bonchev–Trinajstić information content (AvgIpc) is 3.36. The number of nitrogens with one attached hydrogen (secondary N) is 1. The van der Waals surface area contributed by atoms with Gasteiger partial charge in [-0.15, -0.1) is 0 Å². The Morgan fingerprint density at radius 2 is 1.84 bits per heavy atom. The number of aromatic nitrogens is 1. The second-order valence-electron chi connectivity index (χ2n) is 8.02. The molecule has 2 fully saturated rings. The van der Waals surface area contributed by atoms with Crippen molar-refractivity contribution in [3.8, 4) is 6.07 Å². The number of sulfonamides is 1. The summed E-state index contributed by atoms with van der Waals surface area (Å²) in [7, 11) is -3.68. The number of carbonyl (C=O) groups is 1. The molecule has 0 unspecified atom stereocenters. The SMILES string of the molecule is N#Cc1ccc(N2CCC(C(=O)Nc3ccc(Cl)c(S(=O)(=O)N4CCCC4)c3)CC2)nc1. The van der Waals surface area contributed by atoms with E-state index in [4.69, 9.17) is 16.9 Å². The third kappa shape index (κ3) is 4.72. The van der Waals surface area contributed by atoms with Gasteiger partial charge in [-0.3, -0.25) is 4.79 Å². The van der Waals surface area contributed by atoms with Crippen LogP contribution in [0.25, 0.3) is 0 Å². The number of nitrogens with zero attached hydrogens (tertiary/aromatic N) is 4. The highest BCUT2D eigenvalue weighted by Crippen LogP contribution is 2.30. The summed E-state index contributed by atoms with van der Waals surface area (Å²) in [5.41, 5.74) is 0.936. The van der Waals surface area contributed by atoms with Gasteiger partial charge in [0.15, 0.2) is 0 Å². The van der Waals surface area contributed by atoms with Gasteiger partial charge in [-0.2, -0.15) is 9.57 Å². The van der Waals surface area contributed by atoms with Crippen molar-refractivity contribution in [2.24, 2.45) is 5.92 Å². The van der Waals surface area contributed by atoms with Crippen molar-refractivity contribution < 1.29 is 13.2 Å². The molecule has 8 nitrogen and oxygen atoms in total. The Hall–Kier alpha value is -2.67. The van der Waals surface area contributed by atoms with Gasteiger partial charge in [-0.05, 0) is 56.0 Å². The molecule has 2 saturated heterocycles. The molecule has 0 spiro atoms. The summed E-state index contributed by atoms with van der Waals surface area (Å²) in [6, 6.07) is 10.2. The standard InChI is InChI=1S/C22H24ClN5O3S/c23-19-5-4-18(13-20(19)32(30,31)28-9-1-2-10-28)26-22(29)17-7-11-27(12-8-17)21-6-3-16(14-24)15-25-21/h3-6,13,15,17H,1-2,7-12H2,(H,26,29). The first-order valence-corrected chi connectivity index (χ1v) is 12.4. The van der Waals surface area contributed by atoms with E-state index >= 15 is 0 Å². The van der Waals surface area contributed by atoms with Crippen LogP contribution in [0, 0.1) is 17.2 Å². The predicted molar refractivity (Wildman–Crippen MR) is 122 cm³/mol. The van der Waals surface area contributed by atoms with E-state index in [1.807, 2.05) is 6.07 Å². The van der Waals surface area contributed by atoms with Gasteiger partial charge in [-0.1, -0.05) is 11.6 Å². The third-order valence-electron chi connectivity index (χ3n) is 5.95. The molecule has 32 heavy (non-hydrogen) atoms. The maximum absolute atomic E-state index is 12.9. The van der Waals surface area contributed by atoms with Crippen LogP contribution in [0.4, 0.5) is 11.5 Å². The van der Waals surface area contributed by atoms with Gasteiger partial charge in [0.2, 0.25) is 15.9 Å². The molecular formula is C22H24ClN5O3S. The molecule has 1 N–H and O–H groups in total. The van der Waals surface area contributed by atoms with Crippen LogP contribution in [-0.4, -0.2) is 49.8 Å². The third-order valence-corrected chi connectivity index (χ3v) is 8.33. The summed E-state index contributed by atoms with van der Waals surface area (Å²) in [6.45, 7) is 2.32. The van der Waals surface area contributed by atoms with Gasteiger partial charge >= 0.3 is 0 Å². The molecule has 0 bridgehead atoms. The Labute approximate surface area is 192 Å². The molecule has 10 heteroatoms. The lowest BCUT2D eigenvalue weighted by atomic mass is 9.95. The number of pyridine rings is 1. The minimum Gasteiger partial charge on any atom is -0.357 e. The van der Waals surface area contributed by atoms with E-state index in [2.05, 4.69) is 21.3 Å². The maximum Gasteiger partial charge on any atom is 0.244 e. The minimum atomic E-state index is -3.68. The number of nitriles is 1. The number of carbonyl (C=O) groups excluding carboxylic acids is 1. The van der Waals surface area contributed by atoms with Crippen molar-refractivity contribution in [2.45, 2.75) is 30.6 Å². The lowest BCUT2D eigenvalue weighted by Crippen LogP contribution is -2.38. The molecule has 3 heterocycles. The van der Waals surface area contributed by atoms with E-state index < -0.39 is 10.0 Å². The number of benzene rings is 1. The van der Waals surface area contributed by atoms with Crippen LogP contribution in [0.3, 0.4) is 0 Å². The smallest absolute Gasteiger partial charge is 0.244 e. The van der Waals surface area contributed by atoms with Crippen molar-refractivity contribution in [1.82, 2.24) is 9.29 Å². The van der Waals surface area contributed by atoms with E-state index in [-0.39, 0.29) is 21.7 Å². The molecule has 2 aliphatic heterocycles. The summed E-state index contributed by atoms with van der Waals surface area (Å²) >= 11 is 6.19. The second-order valence-corrected chi connectivity index (χ2v) is 10.3. The molecule has 0 aliphatic carbocycles. The molecule has 1 amide bonds. The van der Waals surface area contributed by atoms with Crippen LogP contribution in [0.1, 0.15) is 31.2 Å². The molecule has 4 rings (SSSR count). The second kappa shape index (κ2) is 9.45. The molecule has 2 aliphatic rings. The molecule has 2 aromatic rings. The van der Waals surface area contributed by atoms with Crippen molar-refractivity contribution in [1.29, 1.82) is 5.26 Å². The van der Waals surface area contributed by atoms with E-state index in [0.717, 1.165) is 18.7 Å². The molecule has 1 aromatic heterocycles. The largest absolute Gasteiger partial charge is 0.357 e. The summed E-state index contributed by atoms with van der Waals surface area (Å²) in [4.78, 5) is 19.3. The Balaban J connectivity index is 1.40. The molecular weight excluding hydrogens is 450 g/mol. The zero-order valence-electron chi connectivity index (χ0n) is 17.5. The number of rotatable bonds is 5. The van der Waals surface area contributed by atoms with Crippen LogP contribution >= 0.6 is 11.6 Å². The van der Waals surface area contributed by atoms with Gasteiger partial charge in [0, 0.05) is 44.0 Å². The van der Waals surface area contributed by atoms with Crippen LogP contribution < -0.4 is 10.2 Å². The molecule has 0 saturated carbocycles. The van der Waals surface area contributed by atoms with Crippen LogP contribution in [0.2, 0.25) is 5.02 Å². The topological polar surface area (TPSA) is 106 Å². The van der Waals surface area contributed by atoms with Gasteiger partial charge in [0.25, 0.3) is 0 Å². The lowest BCUT2D eigenvalue weighted by Gasteiger charge is -2.32. The van der Waals surface area contributed by atoms with Gasteiger partial charge in [0.1, 0.15) is 16.8 Å². The molecule has 0 radical (unpaired) electrons. The summed E-state index contributed by atoms with van der Waals surface area (Å²) in [5, 5.41) is 11.9. The highest BCUT2D eigenvalue weighted by atomic mass is 35.5. The first-order valence-electron chi connectivity index (χ1n) is 10.6. The van der Waals surface area contributed by atoms with Crippen molar-refractivity contribution in [2.75, 3.05) is 36.4 Å². The number of halogens is 1. The number of piperidine rings is 1. The zero-order valence-corrected chi connectivity index (χ0v) is 19.1. The van der Waals surface area contributed by atoms with E-state index in [1.54, 1.807) is 18.3 Å². The Bertz CT molecular complexity index is 1130. The van der Waals surface area contributed by atoms with Crippen molar-refractivity contribution >= 4 is 39.0 Å². The Kier molecular flexibility index (Phi) is 6.65. The number of amides is 1. The number of hydrogen-bond donors (Lipinski definition) is 1. The van der Waals surface area contributed by atoms with E-state index in [9.17, 15) is 13.2 Å². The summed E-state index contributed by atoms with van der Waals surface area (Å²) in [5.74, 6) is 0.473. The van der Waals surface area contributed by atoms with Crippen LogP contribution in [0.15, 0.2) is 41.4 Å². The summed E-state index contributed by atoms with van der Waals surface area (Å²) < 4.78 is 27.2. The minimum absolute atomic E-state index is 0.0283. The highest BCUT2D eigenvalue weighted by Gasteiger charge is 2.30. The molecule has 1 aromatic carbocycles. The average molecular weight is 474 g/mol. The quantitative estimate of drug-likeness (QED) is 0.714. The van der Waals surface area contributed by atoms with Crippen LogP contribution in [-0.2, 0) is 14.8 Å². The number of hydrogen-bond acceptors (Lipinski definition) is 6. The molecule has 168 valence electrons. The van der Waals surface area contributed by atoms with Gasteiger partial charge in [-0.25, -0.2) is 13.4 Å². The fourth-order valence-electron chi connectivity index (χ4n) is 4.10. The lowest BCUT2D eigenvalue weighted by molar-refractivity contribution is -0.120. The van der Waals surface area contributed by atoms with Crippen LogP contribution in [0.5, 0.6) is 0 Å². The summed E-state index contributed by atoms with van der Waals surface area (Å²) in [6.07, 6.45) is 4.52. The van der Waals surface area contributed by atoms with Crippen molar-refractivity contribution in [3.05, 3.63) is 47.1 Å². The van der Waals surface area contributed by atoms with Gasteiger partial charge < -0.3 is 10.2 Å². The fourth-order valence-corrected chi connectivity index (χ4v) is 6.12. The predicted octanol–water partition coefficient (Wildman–Crippen LogP) is 3.25. The van der Waals surface area contributed by atoms with E-state index in [0.29, 0.717) is 50.3 Å². The highest BCUT2D eigenvalue weighted by molar-refractivity contribution is 7.89. The first-order chi connectivity index (χ1) is 15.4. The monoisotopic (exact) mass is 473 g/mol. The maximum atomic E-state index is 12.9.